The number of carbonyl (C=O) groups excluding carboxylic acids is 1. The molecule has 25 heavy (non-hydrogen) atoms. The molecule has 3 rings (SSSR count). The van der Waals surface area contributed by atoms with Gasteiger partial charge in [0.15, 0.2) is 0 Å². The summed E-state index contributed by atoms with van der Waals surface area (Å²) in [5.41, 5.74) is 3.25. The molecule has 0 spiro atoms. The number of hydrogen-bond donors (Lipinski definition) is 2. The summed E-state index contributed by atoms with van der Waals surface area (Å²) in [5.74, 6) is -2.18. The van der Waals surface area contributed by atoms with Crippen LogP contribution < -0.4 is 0 Å². The number of carboxylic acids is 1. The molecule has 6 heteroatoms. The van der Waals surface area contributed by atoms with Crippen LogP contribution in [0.1, 0.15) is 12.0 Å². The van der Waals surface area contributed by atoms with Gasteiger partial charge >= 0.3 is 12.1 Å². The number of nitrogens with zero attached hydrogens (tertiary/aromatic N) is 1. The zero-order valence-corrected chi connectivity index (χ0v) is 13.1. The van der Waals surface area contributed by atoms with Crippen LogP contribution >= 0.6 is 0 Å². The summed E-state index contributed by atoms with van der Waals surface area (Å²) < 4.78 is 0. The van der Waals surface area contributed by atoms with E-state index in [1.807, 2.05) is 42.5 Å². The first kappa shape index (κ1) is 16.4. The van der Waals surface area contributed by atoms with E-state index in [0.717, 1.165) is 11.1 Å². The average Bonchev–Trinajstić information content (AvgIpc) is 2.61. The lowest BCUT2D eigenvalue weighted by atomic mass is 9.92. The minimum atomic E-state index is -1.56. The van der Waals surface area contributed by atoms with Crippen molar-refractivity contribution < 1.29 is 24.6 Å². The van der Waals surface area contributed by atoms with Gasteiger partial charge in [0.1, 0.15) is 6.04 Å². The van der Waals surface area contributed by atoms with Crippen LogP contribution in [0.4, 0.5) is 4.79 Å². The quantitative estimate of drug-likeness (QED) is 0.897. The second kappa shape index (κ2) is 6.60. The standard InChI is InChI=1S/C19H15NO5/c21-17-11-15(10-16(18(22)23)20(17)19(24)25)14-8-6-13(7-9-14)12-4-2-1-3-5-12/h1-9,11,16H,10H2,(H,22,23)(H,24,25). The van der Waals surface area contributed by atoms with Crippen molar-refractivity contribution in [3.8, 4) is 11.1 Å². The maximum atomic E-state index is 12.0. The van der Waals surface area contributed by atoms with E-state index >= 15 is 0 Å². The third-order valence-corrected chi connectivity index (χ3v) is 4.11. The molecule has 0 aromatic heterocycles. The number of amides is 2. The van der Waals surface area contributed by atoms with Gasteiger partial charge in [-0.2, -0.15) is 0 Å². The highest BCUT2D eigenvalue weighted by Gasteiger charge is 2.38. The molecule has 1 atom stereocenters. The number of benzene rings is 2. The van der Waals surface area contributed by atoms with Crippen molar-refractivity contribution in [3.05, 3.63) is 66.2 Å². The van der Waals surface area contributed by atoms with E-state index in [0.29, 0.717) is 16.0 Å². The van der Waals surface area contributed by atoms with Gasteiger partial charge in [0.2, 0.25) is 0 Å². The first-order chi connectivity index (χ1) is 12.0. The Morgan fingerprint density at radius 1 is 0.880 bits per heavy atom. The zero-order chi connectivity index (χ0) is 18.0. The lowest BCUT2D eigenvalue weighted by Crippen LogP contribution is -2.49. The van der Waals surface area contributed by atoms with Gasteiger partial charge < -0.3 is 10.2 Å². The van der Waals surface area contributed by atoms with E-state index in [9.17, 15) is 19.5 Å². The van der Waals surface area contributed by atoms with Gasteiger partial charge in [-0.3, -0.25) is 4.79 Å². The summed E-state index contributed by atoms with van der Waals surface area (Å²) in [7, 11) is 0. The van der Waals surface area contributed by atoms with Gasteiger partial charge in [-0.25, -0.2) is 14.5 Å². The third kappa shape index (κ3) is 3.28. The lowest BCUT2D eigenvalue weighted by Gasteiger charge is -2.28. The summed E-state index contributed by atoms with van der Waals surface area (Å²) in [6, 6.07) is 15.7. The summed E-state index contributed by atoms with van der Waals surface area (Å²) in [4.78, 5) is 34.9. The van der Waals surface area contributed by atoms with Crippen molar-refractivity contribution in [2.45, 2.75) is 12.5 Å². The molecule has 0 saturated carbocycles. The highest BCUT2D eigenvalue weighted by Crippen LogP contribution is 2.29. The average molecular weight is 337 g/mol. The van der Waals surface area contributed by atoms with E-state index < -0.39 is 24.0 Å². The first-order valence-electron chi connectivity index (χ1n) is 7.62. The van der Waals surface area contributed by atoms with Crippen molar-refractivity contribution in [2.75, 3.05) is 0 Å². The van der Waals surface area contributed by atoms with Crippen LogP contribution in [-0.4, -0.2) is 39.1 Å². The van der Waals surface area contributed by atoms with E-state index in [2.05, 4.69) is 0 Å². The molecule has 0 aliphatic carbocycles. The van der Waals surface area contributed by atoms with Gasteiger partial charge in [0.05, 0.1) is 0 Å². The molecule has 0 fully saturated rings. The Bertz CT molecular complexity index is 855. The van der Waals surface area contributed by atoms with Crippen molar-refractivity contribution in [1.82, 2.24) is 4.90 Å². The summed E-state index contributed by atoms with van der Waals surface area (Å²) in [6.45, 7) is 0. The fourth-order valence-corrected chi connectivity index (χ4v) is 2.86. The molecule has 6 nitrogen and oxygen atoms in total. The molecule has 2 N–H and O–H groups in total. The predicted octanol–water partition coefficient (Wildman–Crippen LogP) is 3.10. The number of imide groups is 1. The highest BCUT2D eigenvalue weighted by molar-refractivity contribution is 6.07. The van der Waals surface area contributed by atoms with Crippen molar-refractivity contribution >= 4 is 23.5 Å². The van der Waals surface area contributed by atoms with Crippen molar-refractivity contribution in [3.63, 3.8) is 0 Å². The molecule has 1 unspecified atom stereocenters. The van der Waals surface area contributed by atoms with Crippen LogP contribution in [0.15, 0.2) is 60.7 Å². The van der Waals surface area contributed by atoms with Gasteiger partial charge in [-0.1, -0.05) is 54.6 Å². The topological polar surface area (TPSA) is 94.9 Å². The third-order valence-electron chi connectivity index (χ3n) is 4.11. The SMILES string of the molecule is O=C(O)C1CC(c2ccc(-c3ccccc3)cc2)=CC(=O)N1C(=O)O. The molecule has 2 amide bonds. The Morgan fingerprint density at radius 3 is 2.00 bits per heavy atom. The number of hydrogen-bond acceptors (Lipinski definition) is 3. The summed E-state index contributed by atoms with van der Waals surface area (Å²) in [5, 5.41) is 18.3. The fourth-order valence-electron chi connectivity index (χ4n) is 2.86. The van der Waals surface area contributed by atoms with Crippen LogP contribution in [-0.2, 0) is 9.59 Å². The van der Waals surface area contributed by atoms with E-state index in [1.54, 1.807) is 12.1 Å². The monoisotopic (exact) mass is 337 g/mol. The molecule has 1 aliphatic heterocycles. The van der Waals surface area contributed by atoms with Crippen molar-refractivity contribution in [1.29, 1.82) is 0 Å². The molecule has 2 aromatic rings. The van der Waals surface area contributed by atoms with Gasteiger partial charge in [0, 0.05) is 12.5 Å². The summed E-state index contributed by atoms with van der Waals surface area (Å²) >= 11 is 0. The van der Waals surface area contributed by atoms with E-state index in [1.165, 1.54) is 6.08 Å². The first-order valence-corrected chi connectivity index (χ1v) is 7.62. The summed E-state index contributed by atoms with van der Waals surface area (Å²) in [6.07, 6.45) is -0.435. The molecular weight excluding hydrogens is 322 g/mol. The largest absolute Gasteiger partial charge is 0.480 e. The zero-order valence-electron chi connectivity index (χ0n) is 13.1. The van der Waals surface area contributed by atoms with E-state index in [4.69, 9.17) is 5.11 Å². The Morgan fingerprint density at radius 2 is 1.44 bits per heavy atom. The maximum absolute atomic E-state index is 12.0. The number of aliphatic carboxylic acids is 1. The van der Waals surface area contributed by atoms with Gasteiger partial charge in [-0.05, 0) is 22.3 Å². The Kier molecular flexibility index (Phi) is 4.35. The minimum absolute atomic E-state index is 0.0575. The van der Waals surface area contributed by atoms with E-state index in [-0.39, 0.29) is 6.42 Å². The number of carbonyl (C=O) groups is 3. The molecule has 1 aliphatic rings. The molecule has 0 bridgehead atoms. The van der Waals surface area contributed by atoms with Crippen LogP contribution in [0.3, 0.4) is 0 Å². The highest BCUT2D eigenvalue weighted by atomic mass is 16.4. The van der Waals surface area contributed by atoms with Crippen molar-refractivity contribution in [2.24, 2.45) is 0 Å². The van der Waals surface area contributed by atoms with Crippen LogP contribution in [0, 0.1) is 0 Å². The van der Waals surface area contributed by atoms with Gasteiger partial charge in [0.25, 0.3) is 5.91 Å². The molecule has 126 valence electrons. The van der Waals surface area contributed by atoms with Crippen LogP contribution in [0.2, 0.25) is 0 Å². The predicted molar refractivity (Wildman–Crippen MR) is 90.8 cm³/mol. The fraction of sp³-hybridized carbons (Fsp3) is 0.105. The van der Waals surface area contributed by atoms with Crippen LogP contribution in [0.5, 0.6) is 0 Å². The smallest absolute Gasteiger partial charge is 0.415 e. The molecule has 2 aromatic carbocycles. The second-order valence-electron chi connectivity index (χ2n) is 5.66. The molecular formula is C19H15NO5. The molecule has 0 radical (unpaired) electrons. The molecule has 0 saturated heterocycles. The Labute approximate surface area is 143 Å². The minimum Gasteiger partial charge on any atom is -0.480 e. The normalized spacial score (nSPS) is 17.1. The van der Waals surface area contributed by atoms with Gasteiger partial charge in [-0.15, -0.1) is 0 Å². The number of rotatable bonds is 3. The maximum Gasteiger partial charge on any atom is 0.415 e. The Balaban J connectivity index is 1.91. The van der Waals surface area contributed by atoms with Crippen LogP contribution in [0.25, 0.3) is 16.7 Å². The Hall–Kier alpha value is -3.41. The number of carboxylic acid groups (broad SMARTS) is 2. The second-order valence-corrected chi connectivity index (χ2v) is 5.66. The molecule has 1 heterocycles. The lowest BCUT2D eigenvalue weighted by molar-refractivity contribution is -0.147.